The maximum absolute atomic E-state index is 12.9. The molecule has 3 nitrogen and oxygen atoms in total. The van der Waals surface area contributed by atoms with Crippen molar-refractivity contribution in [2.75, 3.05) is 6.61 Å². The minimum Gasteiger partial charge on any atom is -0.436 e. The second kappa shape index (κ2) is 7.58. The summed E-state index contributed by atoms with van der Waals surface area (Å²) in [6, 6.07) is 0. The highest BCUT2D eigenvalue weighted by molar-refractivity contribution is 5.73. The van der Waals surface area contributed by atoms with Gasteiger partial charge in [-0.1, -0.05) is 47.5 Å². The van der Waals surface area contributed by atoms with Crippen LogP contribution >= 0.6 is 0 Å². The number of fused-ring (bicyclic) bond motifs is 2. The lowest BCUT2D eigenvalue weighted by Crippen LogP contribution is -2.43. The first-order valence-electron chi connectivity index (χ1n) is 10.7. The van der Waals surface area contributed by atoms with Crippen LogP contribution in [-0.2, 0) is 14.3 Å². The maximum Gasteiger partial charge on any atom is 0.311 e. The topological polar surface area (TPSA) is 35.5 Å². The zero-order valence-corrected chi connectivity index (χ0v) is 16.9. The average Bonchev–Trinajstić information content (AvgIpc) is 3.20. The first-order valence-corrected chi connectivity index (χ1v) is 10.7. The van der Waals surface area contributed by atoms with Crippen molar-refractivity contribution >= 4 is 5.97 Å². The average molecular weight is 351 g/mol. The Labute approximate surface area is 154 Å². The fraction of sp³-hybridized carbons (Fsp3) is 0.955. The third kappa shape index (κ3) is 3.63. The number of carbonyl (C=O) groups excluding carboxylic acids is 1. The molecule has 2 saturated carbocycles. The zero-order chi connectivity index (χ0) is 18.2. The Morgan fingerprint density at radius 1 is 1.24 bits per heavy atom. The van der Waals surface area contributed by atoms with E-state index in [1.165, 1.54) is 19.3 Å². The van der Waals surface area contributed by atoms with E-state index in [9.17, 15) is 4.79 Å². The van der Waals surface area contributed by atoms with Gasteiger partial charge in [0.05, 0.1) is 12.5 Å². The molecule has 25 heavy (non-hydrogen) atoms. The second-order valence-corrected chi connectivity index (χ2v) is 9.57. The van der Waals surface area contributed by atoms with Crippen molar-refractivity contribution in [3.8, 4) is 0 Å². The molecule has 144 valence electrons. The molecular weight excluding hydrogens is 312 g/mol. The fourth-order valence-corrected chi connectivity index (χ4v) is 6.15. The van der Waals surface area contributed by atoms with Crippen molar-refractivity contribution in [1.82, 2.24) is 0 Å². The van der Waals surface area contributed by atoms with Gasteiger partial charge in [-0.15, -0.1) is 0 Å². The Bertz CT molecular complexity index is 466. The van der Waals surface area contributed by atoms with E-state index in [-0.39, 0.29) is 18.2 Å². The monoisotopic (exact) mass is 350 g/mol. The summed E-state index contributed by atoms with van der Waals surface area (Å²) in [4.78, 5) is 12.9. The van der Waals surface area contributed by atoms with Gasteiger partial charge in [-0.3, -0.25) is 4.79 Å². The highest BCUT2D eigenvalue weighted by atomic mass is 16.7. The van der Waals surface area contributed by atoms with Gasteiger partial charge in [-0.25, -0.2) is 0 Å². The van der Waals surface area contributed by atoms with Crippen LogP contribution in [0.4, 0.5) is 0 Å². The smallest absolute Gasteiger partial charge is 0.311 e. The van der Waals surface area contributed by atoms with Crippen molar-refractivity contribution in [2.24, 2.45) is 40.9 Å². The fourth-order valence-electron chi connectivity index (χ4n) is 6.15. The molecule has 0 aromatic heterocycles. The highest BCUT2D eigenvalue weighted by Gasteiger charge is 2.59. The number of rotatable bonds is 6. The molecule has 7 atom stereocenters. The van der Waals surface area contributed by atoms with E-state index < -0.39 is 0 Å². The molecular formula is C22H38O3. The summed E-state index contributed by atoms with van der Waals surface area (Å²) in [5.41, 5.74) is 0.370. The number of carbonyl (C=O) groups is 1. The Kier molecular flexibility index (Phi) is 5.82. The summed E-state index contributed by atoms with van der Waals surface area (Å²) in [6.45, 7) is 12.6. The summed E-state index contributed by atoms with van der Waals surface area (Å²) >= 11 is 0. The molecule has 3 aliphatic rings. The first kappa shape index (κ1) is 19.2. The summed E-state index contributed by atoms with van der Waals surface area (Å²) < 4.78 is 11.4. The van der Waals surface area contributed by atoms with Gasteiger partial charge >= 0.3 is 5.97 Å². The van der Waals surface area contributed by atoms with Crippen LogP contribution in [0.3, 0.4) is 0 Å². The molecule has 1 heterocycles. The molecule has 0 N–H and O–H groups in total. The largest absolute Gasteiger partial charge is 0.436 e. The van der Waals surface area contributed by atoms with Crippen LogP contribution in [0.2, 0.25) is 0 Å². The van der Waals surface area contributed by atoms with Crippen LogP contribution in [-0.4, -0.2) is 18.9 Å². The van der Waals surface area contributed by atoms with Crippen molar-refractivity contribution in [3.63, 3.8) is 0 Å². The normalized spacial score (nSPS) is 39.4. The Hall–Kier alpha value is -0.570. The number of hydrogen-bond donors (Lipinski definition) is 0. The van der Waals surface area contributed by atoms with E-state index >= 15 is 0 Å². The summed E-state index contributed by atoms with van der Waals surface area (Å²) in [6.07, 6.45) is 7.48. The Morgan fingerprint density at radius 2 is 2.00 bits per heavy atom. The van der Waals surface area contributed by atoms with Crippen LogP contribution in [0.15, 0.2) is 0 Å². The van der Waals surface area contributed by atoms with E-state index in [2.05, 4.69) is 34.6 Å². The van der Waals surface area contributed by atoms with Gasteiger partial charge in [0.15, 0.2) is 0 Å². The zero-order valence-electron chi connectivity index (χ0n) is 16.9. The van der Waals surface area contributed by atoms with Crippen LogP contribution in [0, 0.1) is 40.9 Å². The molecule has 0 aromatic carbocycles. The van der Waals surface area contributed by atoms with E-state index in [4.69, 9.17) is 9.47 Å². The molecule has 2 bridgehead atoms. The van der Waals surface area contributed by atoms with Gasteiger partial charge in [-0.05, 0) is 60.7 Å². The highest BCUT2D eigenvalue weighted by Crippen LogP contribution is 2.63. The van der Waals surface area contributed by atoms with E-state index in [0.717, 1.165) is 38.2 Å². The summed E-state index contributed by atoms with van der Waals surface area (Å²) in [5, 5.41) is 0. The van der Waals surface area contributed by atoms with Gasteiger partial charge < -0.3 is 9.47 Å². The number of esters is 1. The minimum atomic E-state index is -0.287. The lowest BCUT2D eigenvalue weighted by Gasteiger charge is -2.46. The van der Waals surface area contributed by atoms with E-state index in [1.807, 2.05) is 0 Å². The molecule has 1 saturated heterocycles. The summed E-state index contributed by atoms with van der Waals surface area (Å²) in [7, 11) is 0. The third-order valence-electron chi connectivity index (χ3n) is 7.87. The van der Waals surface area contributed by atoms with Crippen molar-refractivity contribution in [2.45, 2.75) is 85.9 Å². The second-order valence-electron chi connectivity index (χ2n) is 9.57. The van der Waals surface area contributed by atoms with Gasteiger partial charge in [0, 0.05) is 6.42 Å². The van der Waals surface area contributed by atoms with E-state index in [0.29, 0.717) is 29.1 Å². The van der Waals surface area contributed by atoms with E-state index in [1.54, 1.807) is 0 Å². The molecule has 3 rings (SSSR count). The Balaban J connectivity index is 1.72. The number of ether oxygens (including phenoxy) is 2. The quantitative estimate of drug-likeness (QED) is 0.599. The third-order valence-corrected chi connectivity index (χ3v) is 7.87. The van der Waals surface area contributed by atoms with Crippen molar-refractivity contribution < 1.29 is 14.3 Å². The lowest BCUT2D eigenvalue weighted by molar-refractivity contribution is -0.194. The van der Waals surface area contributed by atoms with Gasteiger partial charge in [0.2, 0.25) is 6.29 Å². The molecule has 0 spiro atoms. The molecule has 3 fully saturated rings. The van der Waals surface area contributed by atoms with Crippen LogP contribution < -0.4 is 0 Å². The molecule has 7 unspecified atom stereocenters. The molecule has 2 aliphatic carbocycles. The minimum absolute atomic E-state index is 0.0282. The molecule has 3 heteroatoms. The van der Waals surface area contributed by atoms with Gasteiger partial charge in [0.25, 0.3) is 0 Å². The Morgan fingerprint density at radius 3 is 2.60 bits per heavy atom. The maximum atomic E-state index is 12.9. The standard InChI is InChI=1S/C22H38O3/c1-6-14(3)19-16-12-15(20(19)22(4,5)7-2)13-17(16)21(23)25-18-10-8-9-11-24-18/h14-20H,6-13H2,1-5H3. The van der Waals surface area contributed by atoms with Crippen molar-refractivity contribution in [3.05, 3.63) is 0 Å². The predicted octanol–water partition coefficient (Wildman–Crippen LogP) is 5.43. The SMILES string of the molecule is CCC(C)C1C2CC(CC2C(=O)OC2CCCCO2)C1C(C)(C)CC. The van der Waals surface area contributed by atoms with Crippen LogP contribution in [0.5, 0.6) is 0 Å². The number of hydrogen-bond acceptors (Lipinski definition) is 3. The van der Waals surface area contributed by atoms with Gasteiger partial charge in [0.1, 0.15) is 0 Å². The molecule has 0 amide bonds. The first-order chi connectivity index (χ1) is 11.9. The van der Waals surface area contributed by atoms with Crippen LogP contribution in [0.25, 0.3) is 0 Å². The summed E-state index contributed by atoms with van der Waals surface area (Å²) in [5.74, 6) is 3.47. The van der Waals surface area contributed by atoms with Crippen molar-refractivity contribution in [1.29, 1.82) is 0 Å². The van der Waals surface area contributed by atoms with Gasteiger partial charge in [-0.2, -0.15) is 0 Å². The predicted molar refractivity (Wildman–Crippen MR) is 99.9 cm³/mol. The lowest BCUT2D eigenvalue weighted by atomic mass is 9.59. The molecule has 0 radical (unpaired) electrons. The molecule has 1 aliphatic heterocycles. The van der Waals surface area contributed by atoms with Crippen LogP contribution in [0.1, 0.15) is 79.6 Å². The molecule has 0 aromatic rings.